The van der Waals surface area contributed by atoms with Crippen LogP contribution in [0.2, 0.25) is 0 Å². The first-order valence-corrected chi connectivity index (χ1v) is 6.55. The molecule has 1 atom stereocenters. The van der Waals surface area contributed by atoms with Gasteiger partial charge < -0.3 is 10.1 Å². The molecule has 2 nitrogen and oxygen atoms in total. The van der Waals surface area contributed by atoms with Gasteiger partial charge in [0.2, 0.25) is 0 Å². The summed E-state index contributed by atoms with van der Waals surface area (Å²) < 4.78 is 2.21. The Morgan fingerprint density at radius 1 is 1.24 bits per heavy atom. The Bertz CT molecular complexity index is 635. The van der Waals surface area contributed by atoms with Gasteiger partial charge in [0.1, 0.15) is 0 Å². The second-order valence-electron chi connectivity index (χ2n) is 4.21. The predicted molar refractivity (Wildman–Crippen MR) is 73.3 cm³/mol. The summed E-state index contributed by atoms with van der Waals surface area (Å²) in [5.41, 5.74) is 9.71. The third kappa shape index (κ3) is 1.68. The SMILES string of the molecule is CC(N)c1cc2ccccn2c1-c1cccs1. The molecule has 86 valence electrons. The zero-order chi connectivity index (χ0) is 11.8. The second-order valence-corrected chi connectivity index (χ2v) is 5.16. The van der Waals surface area contributed by atoms with Gasteiger partial charge in [0.05, 0.1) is 10.6 Å². The molecule has 1 unspecified atom stereocenters. The zero-order valence-corrected chi connectivity index (χ0v) is 10.4. The van der Waals surface area contributed by atoms with Crippen LogP contribution in [0.4, 0.5) is 0 Å². The molecule has 3 rings (SSSR count). The molecule has 0 aromatic carbocycles. The summed E-state index contributed by atoms with van der Waals surface area (Å²) in [7, 11) is 0. The topological polar surface area (TPSA) is 30.4 Å². The maximum Gasteiger partial charge on any atom is 0.0676 e. The first-order chi connectivity index (χ1) is 8.27. The van der Waals surface area contributed by atoms with Crippen molar-refractivity contribution in [3.63, 3.8) is 0 Å². The van der Waals surface area contributed by atoms with E-state index in [9.17, 15) is 0 Å². The summed E-state index contributed by atoms with van der Waals surface area (Å²) in [5, 5.41) is 2.10. The maximum atomic E-state index is 6.08. The molecule has 0 amide bonds. The Labute approximate surface area is 104 Å². The summed E-state index contributed by atoms with van der Waals surface area (Å²) in [5.74, 6) is 0. The highest BCUT2D eigenvalue weighted by Gasteiger charge is 2.15. The van der Waals surface area contributed by atoms with Crippen LogP contribution in [0.15, 0.2) is 48.0 Å². The molecule has 0 fully saturated rings. The number of rotatable bonds is 2. The Balaban J connectivity index is 2.36. The predicted octanol–water partition coefficient (Wildman–Crippen LogP) is 3.69. The number of fused-ring (bicyclic) bond motifs is 1. The molecule has 3 heterocycles. The number of thiophene rings is 1. The van der Waals surface area contributed by atoms with Gasteiger partial charge in [0, 0.05) is 17.8 Å². The van der Waals surface area contributed by atoms with Crippen LogP contribution in [0, 0.1) is 0 Å². The van der Waals surface area contributed by atoms with Gasteiger partial charge >= 0.3 is 0 Å². The van der Waals surface area contributed by atoms with Gasteiger partial charge in [-0.2, -0.15) is 0 Å². The van der Waals surface area contributed by atoms with Crippen LogP contribution in [0.3, 0.4) is 0 Å². The third-order valence-electron chi connectivity index (χ3n) is 2.95. The lowest BCUT2D eigenvalue weighted by atomic mass is 10.1. The molecule has 0 aliphatic carbocycles. The Hall–Kier alpha value is -1.58. The van der Waals surface area contributed by atoms with Crippen LogP contribution < -0.4 is 5.73 Å². The lowest BCUT2D eigenvalue weighted by molar-refractivity contribution is 0.821. The van der Waals surface area contributed by atoms with Gasteiger partial charge in [-0.05, 0) is 42.1 Å². The molecule has 3 heteroatoms. The van der Waals surface area contributed by atoms with Crippen LogP contribution in [-0.4, -0.2) is 4.40 Å². The van der Waals surface area contributed by atoms with Crippen molar-refractivity contribution in [3.05, 3.63) is 53.5 Å². The van der Waals surface area contributed by atoms with E-state index in [1.807, 2.05) is 6.92 Å². The first kappa shape index (κ1) is 10.6. The molecule has 0 saturated heterocycles. The van der Waals surface area contributed by atoms with Gasteiger partial charge in [-0.3, -0.25) is 0 Å². The monoisotopic (exact) mass is 242 g/mol. The lowest BCUT2D eigenvalue weighted by Gasteiger charge is -2.07. The summed E-state index contributed by atoms with van der Waals surface area (Å²) >= 11 is 1.75. The minimum atomic E-state index is 0.0481. The average molecular weight is 242 g/mol. The smallest absolute Gasteiger partial charge is 0.0676 e. The van der Waals surface area contributed by atoms with E-state index in [1.54, 1.807) is 11.3 Å². The summed E-state index contributed by atoms with van der Waals surface area (Å²) in [6.07, 6.45) is 2.09. The van der Waals surface area contributed by atoms with Crippen molar-refractivity contribution < 1.29 is 0 Å². The van der Waals surface area contributed by atoms with Crippen molar-refractivity contribution >= 4 is 16.9 Å². The molecule has 0 spiro atoms. The molecule has 0 radical (unpaired) electrons. The van der Waals surface area contributed by atoms with E-state index in [1.165, 1.54) is 21.7 Å². The molecule has 0 aliphatic rings. The summed E-state index contributed by atoms with van der Waals surface area (Å²) in [6.45, 7) is 2.03. The van der Waals surface area contributed by atoms with Crippen molar-refractivity contribution in [3.8, 4) is 10.6 Å². The van der Waals surface area contributed by atoms with Crippen molar-refractivity contribution in [1.29, 1.82) is 0 Å². The number of nitrogens with zero attached hydrogens (tertiary/aromatic N) is 1. The molecule has 3 aromatic rings. The Morgan fingerprint density at radius 3 is 2.82 bits per heavy atom. The molecular formula is C14H14N2S. The molecule has 0 bridgehead atoms. The Kier molecular flexibility index (Phi) is 2.50. The maximum absolute atomic E-state index is 6.08. The number of nitrogens with two attached hydrogens (primary N) is 1. The number of pyridine rings is 1. The van der Waals surface area contributed by atoms with Crippen molar-refractivity contribution in [2.45, 2.75) is 13.0 Å². The fourth-order valence-corrected chi connectivity index (χ4v) is 2.95. The fourth-order valence-electron chi connectivity index (χ4n) is 2.17. The van der Waals surface area contributed by atoms with Crippen LogP contribution in [0.25, 0.3) is 16.1 Å². The minimum Gasteiger partial charge on any atom is -0.324 e. The largest absolute Gasteiger partial charge is 0.324 e. The average Bonchev–Trinajstić information content (AvgIpc) is 2.94. The van der Waals surface area contributed by atoms with Crippen LogP contribution >= 0.6 is 11.3 Å². The summed E-state index contributed by atoms with van der Waals surface area (Å²) in [4.78, 5) is 1.27. The van der Waals surface area contributed by atoms with Crippen molar-refractivity contribution in [1.82, 2.24) is 4.40 Å². The first-order valence-electron chi connectivity index (χ1n) is 5.67. The minimum absolute atomic E-state index is 0.0481. The van der Waals surface area contributed by atoms with E-state index < -0.39 is 0 Å². The van der Waals surface area contributed by atoms with Gasteiger partial charge in [-0.25, -0.2) is 0 Å². The zero-order valence-electron chi connectivity index (χ0n) is 9.63. The van der Waals surface area contributed by atoms with E-state index in [4.69, 9.17) is 5.73 Å². The van der Waals surface area contributed by atoms with E-state index in [2.05, 4.69) is 52.4 Å². The van der Waals surface area contributed by atoms with Gasteiger partial charge in [-0.1, -0.05) is 12.1 Å². The standard InChI is InChI=1S/C14H14N2S/c1-10(15)12-9-11-5-2-3-7-16(11)14(12)13-6-4-8-17-13/h2-10H,15H2,1H3. The van der Waals surface area contributed by atoms with Crippen LogP contribution in [0.1, 0.15) is 18.5 Å². The van der Waals surface area contributed by atoms with Crippen LogP contribution in [-0.2, 0) is 0 Å². The molecule has 2 N–H and O–H groups in total. The highest BCUT2D eigenvalue weighted by Crippen LogP contribution is 2.33. The second kappa shape index (κ2) is 4.02. The van der Waals surface area contributed by atoms with E-state index in [0.717, 1.165) is 0 Å². The fraction of sp³-hybridized carbons (Fsp3) is 0.143. The van der Waals surface area contributed by atoms with Gasteiger partial charge in [-0.15, -0.1) is 11.3 Å². The van der Waals surface area contributed by atoms with E-state index in [-0.39, 0.29) is 6.04 Å². The third-order valence-corrected chi connectivity index (χ3v) is 3.83. The number of hydrogen-bond acceptors (Lipinski definition) is 2. The molecule has 0 saturated carbocycles. The normalized spacial score (nSPS) is 13.1. The van der Waals surface area contributed by atoms with Crippen molar-refractivity contribution in [2.24, 2.45) is 5.73 Å². The highest BCUT2D eigenvalue weighted by atomic mass is 32.1. The molecule has 3 aromatic heterocycles. The Morgan fingerprint density at radius 2 is 2.12 bits per heavy atom. The van der Waals surface area contributed by atoms with Crippen molar-refractivity contribution in [2.75, 3.05) is 0 Å². The van der Waals surface area contributed by atoms with E-state index in [0.29, 0.717) is 0 Å². The van der Waals surface area contributed by atoms with Crippen LogP contribution in [0.5, 0.6) is 0 Å². The quantitative estimate of drug-likeness (QED) is 0.730. The number of hydrogen-bond donors (Lipinski definition) is 1. The lowest BCUT2D eigenvalue weighted by Crippen LogP contribution is -2.05. The molecular weight excluding hydrogens is 228 g/mol. The highest BCUT2D eigenvalue weighted by molar-refractivity contribution is 7.13. The molecule has 17 heavy (non-hydrogen) atoms. The molecule has 0 aliphatic heterocycles. The summed E-state index contributed by atoms with van der Waals surface area (Å²) in [6, 6.07) is 12.7. The van der Waals surface area contributed by atoms with Gasteiger partial charge in [0.15, 0.2) is 0 Å². The number of aromatic nitrogens is 1. The van der Waals surface area contributed by atoms with Gasteiger partial charge in [0.25, 0.3) is 0 Å². The van der Waals surface area contributed by atoms with E-state index >= 15 is 0 Å².